The Labute approximate surface area is 133 Å². The zero-order chi connectivity index (χ0) is 15.4. The fraction of sp³-hybridized carbons (Fsp3) is 0.167. The standard InChI is InChI=1S/C18H17NO2S/c1-14-6-8-15(9-7-14)12-19(13-16-4-2-10-21-16)18(20)17-5-3-11-22-17/h2-11H,12-13H2,1H3. The van der Waals surface area contributed by atoms with Gasteiger partial charge in [-0.05, 0) is 36.1 Å². The Balaban J connectivity index is 1.82. The Morgan fingerprint density at radius 2 is 1.91 bits per heavy atom. The summed E-state index contributed by atoms with van der Waals surface area (Å²) in [7, 11) is 0. The molecule has 3 nitrogen and oxygen atoms in total. The summed E-state index contributed by atoms with van der Waals surface area (Å²) in [6.45, 7) is 3.09. The van der Waals surface area contributed by atoms with E-state index in [1.165, 1.54) is 16.9 Å². The highest BCUT2D eigenvalue weighted by atomic mass is 32.1. The molecule has 1 amide bonds. The number of carbonyl (C=O) groups is 1. The summed E-state index contributed by atoms with van der Waals surface area (Å²) in [4.78, 5) is 15.3. The molecular weight excluding hydrogens is 294 g/mol. The number of hydrogen-bond donors (Lipinski definition) is 0. The molecule has 0 bridgehead atoms. The molecule has 0 aliphatic rings. The molecule has 0 spiro atoms. The zero-order valence-corrected chi connectivity index (χ0v) is 13.2. The van der Waals surface area contributed by atoms with Gasteiger partial charge in [0.05, 0.1) is 17.7 Å². The van der Waals surface area contributed by atoms with Crippen LogP contribution in [0.5, 0.6) is 0 Å². The highest BCUT2D eigenvalue weighted by Gasteiger charge is 2.18. The van der Waals surface area contributed by atoms with E-state index in [2.05, 4.69) is 31.2 Å². The van der Waals surface area contributed by atoms with Gasteiger partial charge in [0.15, 0.2) is 0 Å². The summed E-state index contributed by atoms with van der Waals surface area (Å²) in [5, 5.41) is 1.92. The van der Waals surface area contributed by atoms with Crippen LogP contribution in [0.1, 0.15) is 26.6 Å². The van der Waals surface area contributed by atoms with Gasteiger partial charge in [-0.15, -0.1) is 11.3 Å². The van der Waals surface area contributed by atoms with Crippen molar-refractivity contribution in [3.05, 3.63) is 81.9 Å². The van der Waals surface area contributed by atoms with Crippen molar-refractivity contribution in [1.82, 2.24) is 4.90 Å². The van der Waals surface area contributed by atoms with E-state index in [-0.39, 0.29) is 5.91 Å². The van der Waals surface area contributed by atoms with Gasteiger partial charge in [-0.1, -0.05) is 35.9 Å². The van der Waals surface area contributed by atoms with Crippen LogP contribution in [0, 0.1) is 6.92 Å². The Morgan fingerprint density at radius 3 is 2.55 bits per heavy atom. The van der Waals surface area contributed by atoms with Crippen molar-refractivity contribution in [2.45, 2.75) is 20.0 Å². The van der Waals surface area contributed by atoms with Crippen molar-refractivity contribution < 1.29 is 9.21 Å². The zero-order valence-electron chi connectivity index (χ0n) is 12.4. The van der Waals surface area contributed by atoms with Gasteiger partial charge in [0.2, 0.25) is 0 Å². The average Bonchev–Trinajstić information content (AvgIpc) is 3.21. The van der Waals surface area contributed by atoms with Crippen molar-refractivity contribution in [1.29, 1.82) is 0 Å². The van der Waals surface area contributed by atoms with Crippen LogP contribution in [0.4, 0.5) is 0 Å². The number of aryl methyl sites for hydroxylation is 1. The predicted molar refractivity (Wildman–Crippen MR) is 87.8 cm³/mol. The second kappa shape index (κ2) is 6.62. The van der Waals surface area contributed by atoms with Gasteiger partial charge in [-0.2, -0.15) is 0 Å². The van der Waals surface area contributed by atoms with Gasteiger partial charge < -0.3 is 9.32 Å². The van der Waals surface area contributed by atoms with Gasteiger partial charge in [-0.25, -0.2) is 0 Å². The largest absolute Gasteiger partial charge is 0.467 e. The number of thiophene rings is 1. The van der Waals surface area contributed by atoms with Crippen LogP contribution in [0.25, 0.3) is 0 Å². The smallest absolute Gasteiger partial charge is 0.264 e. The Bertz CT molecular complexity index is 715. The van der Waals surface area contributed by atoms with E-state index in [1.54, 1.807) is 6.26 Å². The molecule has 0 atom stereocenters. The molecule has 0 saturated heterocycles. The van der Waals surface area contributed by atoms with Gasteiger partial charge in [0.1, 0.15) is 5.76 Å². The summed E-state index contributed by atoms with van der Waals surface area (Å²) >= 11 is 1.46. The van der Waals surface area contributed by atoms with Crippen LogP contribution >= 0.6 is 11.3 Å². The van der Waals surface area contributed by atoms with E-state index in [1.807, 2.05) is 34.5 Å². The first-order valence-corrected chi connectivity index (χ1v) is 8.01. The lowest BCUT2D eigenvalue weighted by Crippen LogP contribution is -2.29. The molecule has 2 aromatic heterocycles. The summed E-state index contributed by atoms with van der Waals surface area (Å²) in [5.41, 5.74) is 2.33. The molecule has 3 rings (SSSR count). The van der Waals surface area contributed by atoms with Crippen LogP contribution < -0.4 is 0 Å². The van der Waals surface area contributed by atoms with Crippen molar-refractivity contribution in [3.8, 4) is 0 Å². The van der Waals surface area contributed by atoms with E-state index < -0.39 is 0 Å². The summed E-state index contributed by atoms with van der Waals surface area (Å²) in [6.07, 6.45) is 1.63. The normalized spacial score (nSPS) is 10.6. The maximum Gasteiger partial charge on any atom is 0.264 e. The van der Waals surface area contributed by atoms with Crippen LogP contribution in [-0.4, -0.2) is 10.8 Å². The Kier molecular flexibility index (Phi) is 4.39. The van der Waals surface area contributed by atoms with Gasteiger partial charge in [-0.3, -0.25) is 4.79 Å². The van der Waals surface area contributed by atoms with E-state index in [0.717, 1.165) is 16.2 Å². The van der Waals surface area contributed by atoms with E-state index in [9.17, 15) is 4.79 Å². The van der Waals surface area contributed by atoms with Crippen LogP contribution in [0.3, 0.4) is 0 Å². The third-order valence-electron chi connectivity index (χ3n) is 3.44. The lowest BCUT2D eigenvalue weighted by Gasteiger charge is -2.21. The number of amides is 1. The molecule has 2 heterocycles. The van der Waals surface area contributed by atoms with Crippen molar-refractivity contribution in [2.75, 3.05) is 0 Å². The van der Waals surface area contributed by atoms with Gasteiger partial charge in [0, 0.05) is 6.54 Å². The molecule has 112 valence electrons. The first-order valence-electron chi connectivity index (χ1n) is 7.13. The number of benzene rings is 1. The van der Waals surface area contributed by atoms with Crippen LogP contribution in [-0.2, 0) is 13.1 Å². The minimum absolute atomic E-state index is 0.0342. The third kappa shape index (κ3) is 3.46. The quantitative estimate of drug-likeness (QED) is 0.695. The number of carbonyl (C=O) groups excluding carboxylic acids is 1. The first-order chi connectivity index (χ1) is 10.7. The van der Waals surface area contributed by atoms with Crippen molar-refractivity contribution in [3.63, 3.8) is 0 Å². The maximum absolute atomic E-state index is 12.7. The molecule has 0 saturated carbocycles. The topological polar surface area (TPSA) is 33.5 Å². The molecule has 0 unspecified atom stereocenters. The second-order valence-corrected chi connectivity index (χ2v) is 6.15. The first kappa shape index (κ1) is 14.6. The number of hydrogen-bond acceptors (Lipinski definition) is 3. The average molecular weight is 311 g/mol. The molecule has 22 heavy (non-hydrogen) atoms. The third-order valence-corrected chi connectivity index (χ3v) is 4.30. The minimum Gasteiger partial charge on any atom is -0.467 e. The lowest BCUT2D eigenvalue weighted by molar-refractivity contribution is 0.0722. The minimum atomic E-state index is 0.0342. The van der Waals surface area contributed by atoms with Crippen LogP contribution in [0.2, 0.25) is 0 Å². The molecule has 0 radical (unpaired) electrons. The Hall–Kier alpha value is -2.33. The molecular formula is C18H17NO2S. The summed E-state index contributed by atoms with van der Waals surface area (Å²) in [5.74, 6) is 0.823. The molecule has 4 heteroatoms. The Morgan fingerprint density at radius 1 is 1.09 bits per heavy atom. The second-order valence-electron chi connectivity index (χ2n) is 5.20. The van der Waals surface area contributed by atoms with E-state index in [4.69, 9.17) is 4.42 Å². The molecule has 0 aliphatic heterocycles. The van der Waals surface area contributed by atoms with E-state index >= 15 is 0 Å². The van der Waals surface area contributed by atoms with Crippen molar-refractivity contribution >= 4 is 17.2 Å². The summed E-state index contributed by atoms with van der Waals surface area (Å²) < 4.78 is 5.40. The summed E-state index contributed by atoms with van der Waals surface area (Å²) in [6, 6.07) is 15.7. The molecule has 0 N–H and O–H groups in total. The fourth-order valence-electron chi connectivity index (χ4n) is 2.26. The van der Waals surface area contributed by atoms with E-state index in [0.29, 0.717) is 13.1 Å². The molecule has 1 aromatic carbocycles. The SMILES string of the molecule is Cc1ccc(CN(Cc2ccco2)C(=O)c2cccs2)cc1. The van der Waals surface area contributed by atoms with Crippen LogP contribution in [0.15, 0.2) is 64.6 Å². The monoisotopic (exact) mass is 311 g/mol. The maximum atomic E-state index is 12.7. The van der Waals surface area contributed by atoms with Crippen molar-refractivity contribution in [2.24, 2.45) is 0 Å². The highest BCUT2D eigenvalue weighted by Crippen LogP contribution is 2.18. The molecule has 0 aliphatic carbocycles. The fourth-order valence-corrected chi connectivity index (χ4v) is 2.95. The molecule has 0 fully saturated rings. The number of nitrogens with zero attached hydrogens (tertiary/aromatic N) is 1. The highest BCUT2D eigenvalue weighted by molar-refractivity contribution is 7.12. The number of rotatable bonds is 5. The molecule has 3 aromatic rings. The predicted octanol–water partition coefficient (Wildman–Crippen LogP) is 4.49. The lowest BCUT2D eigenvalue weighted by atomic mass is 10.1. The number of furan rings is 1. The van der Waals surface area contributed by atoms with Gasteiger partial charge in [0.25, 0.3) is 5.91 Å². The van der Waals surface area contributed by atoms with Gasteiger partial charge >= 0.3 is 0 Å².